The van der Waals surface area contributed by atoms with Crippen molar-refractivity contribution in [2.75, 3.05) is 36.4 Å². The fourth-order valence-corrected chi connectivity index (χ4v) is 3.65. The van der Waals surface area contributed by atoms with Crippen molar-refractivity contribution in [2.24, 2.45) is 0 Å². The first kappa shape index (κ1) is 17.4. The molecule has 1 aromatic carbocycles. The first-order valence-corrected chi connectivity index (χ1v) is 9.51. The third kappa shape index (κ3) is 4.06. The number of halogens is 1. The molecule has 1 aliphatic rings. The smallest absolute Gasteiger partial charge is 0.321 e. The molecule has 27 heavy (non-hydrogen) atoms. The number of hydrogen-bond donors (Lipinski definition) is 1. The number of benzene rings is 1. The van der Waals surface area contributed by atoms with Crippen LogP contribution in [0.1, 0.15) is 0 Å². The first-order chi connectivity index (χ1) is 13.2. The number of urea groups is 1. The van der Waals surface area contributed by atoms with Crippen molar-refractivity contribution in [1.82, 2.24) is 15.1 Å². The van der Waals surface area contributed by atoms with Crippen LogP contribution in [0.2, 0.25) is 0 Å². The lowest BCUT2D eigenvalue weighted by Gasteiger charge is -2.35. The summed E-state index contributed by atoms with van der Waals surface area (Å²) in [4.78, 5) is 17.3. The second-order valence-corrected chi connectivity index (χ2v) is 7.12. The Morgan fingerprint density at radius 1 is 1.04 bits per heavy atom. The standard InChI is InChI=1S/C19H18FN5OS/c20-14-3-1-4-15(13-14)21-19(26)25-10-8-24(9-11-25)18-7-6-16(22-23-18)17-5-2-12-27-17/h1-7,12-13H,8-11H2,(H,21,26). The highest BCUT2D eigenvalue weighted by Crippen LogP contribution is 2.23. The summed E-state index contributed by atoms with van der Waals surface area (Å²) in [6.07, 6.45) is 0. The third-order valence-corrected chi connectivity index (χ3v) is 5.28. The van der Waals surface area contributed by atoms with Crippen molar-refractivity contribution in [1.29, 1.82) is 0 Å². The molecule has 1 saturated heterocycles. The minimum Gasteiger partial charge on any atom is -0.352 e. The van der Waals surface area contributed by atoms with Gasteiger partial charge in [0.1, 0.15) is 11.5 Å². The predicted molar refractivity (Wildman–Crippen MR) is 105 cm³/mol. The van der Waals surface area contributed by atoms with E-state index in [1.807, 2.05) is 29.6 Å². The summed E-state index contributed by atoms with van der Waals surface area (Å²) >= 11 is 1.63. The average Bonchev–Trinajstić information content (AvgIpc) is 3.23. The van der Waals surface area contributed by atoms with E-state index in [0.29, 0.717) is 31.9 Å². The largest absolute Gasteiger partial charge is 0.352 e. The van der Waals surface area contributed by atoms with Crippen molar-refractivity contribution in [3.8, 4) is 10.6 Å². The molecule has 0 atom stereocenters. The summed E-state index contributed by atoms with van der Waals surface area (Å²) in [6, 6.07) is 13.6. The fourth-order valence-electron chi connectivity index (χ4n) is 2.96. The lowest BCUT2D eigenvalue weighted by Crippen LogP contribution is -2.50. The molecule has 0 radical (unpaired) electrons. The van der Waals surface area contributed by atoms with Crippen LogP contribution in [0.15, 0.2) is 53.9 Å². The van der Waals surface area contributed by atoms with Gasteiger partial charge in [0.05, 0.1) is 4.88 Å². The van der Waals surface area contributed by atoms with Gasteiger partial charge in [-0.1, -0.05) is 12.1 Å². The molecule has 3 aromatic rings. The number of piperazine rings is 1. The van der Waals surface area contributed by atoms with Crippen LogP contribution in [0.4, 0.5) is 20.7 Å². The van der Waals surface area contributed by atoms with Crippen molar-refractivity contribution in [2.45, 2.75) is 0 Å². The van der Waals surface area contributed by atoms with Crippen LogP contribution < -0.4 is 10.2 Å². The van der Waals surface area contributed by atoms with E-state index in [9.17, 15) is 9.18 Å². The quantitative estimate of drug-likeness (QED) is 0.749. The Balaban J connectivity index is 1.34. The SMILES string of the molecule is O=C(Nc1cccc(F)c1)N1CCN(c2ccc(-c3cccs3)nn2)CC1. The molecule has 4 rings (SSSR count). The van der Waals surface area contributed by atoms with Gasteiger partial charge in [0.15, 0.2) is 5.82 Å². The zero-order valence-corrected chi connectivity index (χ0v) is 15.3. The molecule has 0 saturated carbocycles. The predicted octanol–water partition coefficient (Wildman–Crippen LogP) is 3.70. The zero-order valence-electron chi connectivity index (χ0n) is 14.5. The number of amides is 2. The van der Waals surface area contributed by atoms with Crippen LogP contribution >= 0.6 is 11.3 Å². The molecule has 3 heterocycles. The number of nitrogens with one attached hydrogen (secondary N) is 1. The van der Waals surface area contributed by atoms with Gasteiger partial charge in [-0.2, -0.15) is 0 Å². The van der Waals surface area contributed by atoms with Crippen molar-refractivity contribution >= 4 is 28.9 Å². The van der Waals surface area contributed by atoms with Crippen molar-refractivity contribution in [3.63, 3.8) is 0 Å². The third-order valence-electron chi connectivity index (χ3n) is 4.39. The van der Waals surface area contributed by atoms with Crippen LogP contribution in [0.5, 0.6) is 0 Å². The number of carbonyl (C=O) groups excluding carboxylic acids is 1. The summed E-state index contributed by atoms with van der Waals surface area (Å²) in [7, 11) is 0. The van der Waals surface area contributed by atoms with Crippen molar-refractivity contribution < 1.29 is 9.18 Å². The Morgan fingerprint density at radius 3 is 2.56 bits per heavy atom. The van der Waals surface area contributed by atoms with E-state index in [0.717, 1.165) is 16.4 Å². The van der Waals surface area contributed by atoms with Crippen LogP contribution in [0.3, 0.4) is 0 Å². The van der Waals surface area contributed by atoms with Crippen molar-refractivity contribution in [3.05, 3.63) is 59.7 Å². The van der Waals surface area contributed by atoms with E-state index >= 15 is 0 Å². The van der Waals surface area contributed by atoms with E-state index in [1.165, 1.54) is 12.1 Å². The molecule has 8 heteroatoms. The maximum atomic E-state index is 13.2. The number of rotatable bonds is 3. The number of anilines is 2. The van der Waals surface area contributed by atoms with Gasteiger partial charge in [-0.3, -0.25) is 0 Å². The molecule has 0 unspecified atom stereocenters. The topological polar surface area (TPSA) is 61.4 Å². The van der Waals surface area contributed by atoms with E-state index in [1.54, 1.807) is 28.4 Å². The summed E-state index contributed by atoms with van der Waals surface area (Å²) in [5, 5.41) is 13.4. The van der Waals surface area contributed by atoms with Crippen LogP contribution in [-0.2, 0) is 0 Å². The maximum Gasteiger partial charge on any atom is 0.321 e. The Hall–Kier alpha value is -3.00. The molecule has 2 amide bonds. The molecular weight excluding hydrogens is 365 g/mol. The monoisotopic (exact) mass is 383 g/mol. The molecule has 0 spiro atoms. The van der Waals surface area contributed by atoms with Gasteiger partial charge in [-0.15, -0.1) is 21.5 Å². The van der Waals surface area contributed by atoms with Gasteiger partial charge in [0, 0.05) is 31.9 Å². The molecule has 1 fully saturated rings. The van der Waals surface area contributed by atoms with Gasteiger partial charge in [-0.05, 0) is 41.8 Å². The van der Waals surface area contributed by atoms with Gasteiger partial charge in [0.25, 0.3) is 0 Å². The highest BCUT2D eigenvalue weighted by Gasteiger charge is 2.22. The minimum atomic E-state index is -0.373. The normalized spacial score (nSPS) is 14.3. The zero-order chi connectivity index (χ0) is 18.6. The van der Waals surface area contributed by atoms with Crippen LogP contribution in [0.25, 0.3) is 10.6 Å². The van der Waals surface area contributed by atoms with E-state index < -0.39 is 0 Å². The first-order valence-electron chi connectivity index (χ1n) is 8.63. The molecule has 1 N–H and O–H groups in total. The lowest BCUT2D eigenvalue weighted by molar-refractivity contribution is 0.208. The Morgan fingerprint density at radius 2 is 1.89 bits per heavy atom. The van der Waals surface area contributed by atoms with Gasteiger partial charge in [-0.25, -0.2) is 9.18 Å². The fraction of sp³-hybridized carbons (Fsp3) is 0.211. The molecule has 6 nitrogen and oxygen atoms in total. The second kappa shape index (κ2) is 7.71. The summed E-state index contributed by atoms with van der Waals surface area (Å²) < 4.78 is 13.2. The van der Waals surface area contributed by atoms with Crippen LogP contribution in [-0.4, -0.2) is 47.3 Å². The van der Waals surface area contributed by atoms with Crippen LogP contribution in [0, 0.1) is 5.82 Å². The lowest BCUT2D eigenvalue weighted by atomic mass is 10.3. The highest BCUT2D eigenvalue weighted by molar-refractivity contribution is 7.13. The summed E-state index contributed by atoms with van der Waals surface area (Å²) in [5.74, 6) is 0.433. The maximum absolute atomic E-state index is 13.2. The summed E-state index contributed by atoms with van der Waals surface area (Å²) in [6.45, 7) is 2.47. The average molecular weight is 383 g/mol. The van der Waals surface area contributed by atoms with Gasteiger partial charge < -0.3 is 15.1 Å². The number of nitrogens with zero attached hydrogens (tertiary/aromatic N) is 4. The number of carbonyl (C=O) groups is 1. The van der Waals surface area contributed by atoms with Gasteiger partial charge >= 0.3 is 6.03 Å². The molecule has 0 bridgehead atoms. The number of hydrogen-bond acceptors (Lipinski definition) is 5. The Labute approximate surface area is 160 Å². The van der Waals surface area contributed by atoms with E-state index in [4.69, 9.17) is 0 Å². The van der Waals surface area contributed by atoms with E-state index in [-0.39, 0.29) is 11.8 Å². The van der Waals surface area contributed by atoms with E-state index in [2.05, 4.69) is 20.4 Å². The number of thiophene rings is 1. The minimum absolute atomic E-state index is 0.223. The molecule has 138 valence electrons. The molecule has 2 aromatic heterocycles. The molecule has 0 aliphatic carbocycles. The summed E-state index contributed by atoms with van der Waals surface area (Å²) in [5.41, 5.74) is 1.32. The second-order valence-electron chi connectivity index (χ2n) is 6.17. The molecular formula is C19H18FN5OS. The number of aromatic nitrogens is 2. The Kier molecular flexibility index (Phi) is 4.97. The Bertz CT molecular complexity index is 908. The van der Waals surface area contributed by atoms with Gasteiger partial charge in [0.2, 0.25) is 0 Å². The molecule has 1 aliphatic heterocycles. The highest BCUT2D eigenvalue weighted by atomic mass is 32.1.